The molecule has 2 aromatic rings. The van der Waals surface area contributed by atoms with Gasteiger partial charge in [-0.25, -0.2) is 0 Å². The molecule has 0 radical (unpaired) electrons. The minimum atomic E-state index is 0. The van der Waals surface area contributed by atoms with E-state index in [1.165, 1.54) is 5.56 Å². The van der Waals surface area contributed by atoms with Crippen molar-refractivity contribution in [2.24, 2.45) is 0 Å². The number of benzene rings is 2. The average molecular weight is 368 g/mol. The molecule has 2 rings (SSSR count). The second-order valence-corrected chi connectivity index (χ2v) is 5.45. The number of hydrogen-bond donors (Lipinski definition) is 1. The van der Waals surface area contributed by atoms with Crippen molar-refractivity contribution in [2.45, 2.75) is 20.0 Å². The van der Waals surface area contributed by atoms with E-state index in [1.807, 2.05) is 24.3 Å². The van der Waals surface area contributed by atoms with Gasteiger partial charge in [0.2, 0.25) is 5.75 Å². The Labute approximate surface area is 155 Å². The summed E-state index contributed by atoms with van der Waals surface area (Å²) in [6, 6.07) is 10.1. The fraction of sp³-hybridized carbons (Fsp3) is 0.368. The number of halogens is 1. The van der Waals surface area contributed by atoms with Crippen LogP contribution in [0, 0.1) is 6.92 Å². The zero-order valence-electron chi connectivity index (χ0n) is 15.3. The van der Waals surface area contributed by atoms with E-state index in [1.54, 1.807) is 28.4 Å². The van der Waals surface area contributed by atoms with E-state index in [-0.39, 0.29) is 12.4 Å². The van der Waals surface area contributed by atoms with E-state index in [4.69, 9.17) is 18.9 Å². The maximum absolute atomic E-state index is 5.41. The van der Waals surface area contributed by atoms with Crippen molar-refractivity contribution in [3.05, 3.63) is 47.0 Å². The molecule has 0 heterocycles. The molecule has 138 valence electrons. The van der Waals surface area contributed by atoms with Crippen molar-refractivity contribution in [2.75, 3.05) is 28.4 Å². The number of hydrogen-bond acceptors (Lipinski definition) is 5. The van der Waals surface area contributed by atoms with E-state index >= 15 is 0 Å². The molecule has 0 aromatic heterocycles. The fourth-order valence-electron chi connectivity index (χ4n) is 2.62. The Balaban J connectivity index is 0.00000312. The third kappa shape index (κ3) is 5.18. The molecule has 0 aliphatic rings. The van der Waals surface area contributed by atoms with E-state index in [9.17, 15) is 0 Å². The second kappa shape index (κ2) is 10.0. The quantitative estimate of drug-likeness (QED) is 0.770. The SMILES string of the molecule is COc1ccc(C)cc1CNCc1cc(OC)c(OC)c(OC)c1.Cl. The molecular formula is C19H26ClNO4. The zero-order chi connectivity index (χ0) is 17.5. The molecule has 0 saturated heterocycles. The van der Waals surface area contributed by atoms with Crippen LogP contribution in [0.2, 0.25) is 0 Å². The molecule has 0 bridgehead atoms. The normalized spacial score (nSPS) is 9.96. The van der Waals surface area contributed by atoms with Gasteiger partial charge >= 0.3 is 0 Å². The lowest BCUT2D eigenvalue weighted by Crippen LogP contribution is -2.14. The average Bonchev–Trinajstić information content (AvgIpc) is 2.61. The Kier molecular flexibility index (Phi) is 8.38. The van der Waals surface area contributed by atoms with Crippen LogP contribution in [-0.2, 0) is 13.1 Å². The highest BCUT2D eigenvalue weighted by molar-refractivity contribution is 5.85. The monoisotopic (exact) mass is 367 g/mol. The molecule has 5 nitrogen and oxygen atoms in total. The Bertz CT molecular complexity index is 666. The number of nitrogens with one attached hydrogen (secondary N) is 1. The summed E-state index contributed by atoms with van der Waals surface area (Å²) >= 11 is 0. The van der Waals surface area contributed by atoms with Crippen molar-refractivity contribution in [1.29, 1.82) is 0 Å². The number of ether oxygens (including phenoxy) is 4. The number of rotatable bonds is 8. The summed E-state index contributed by atoms with van der Waals surface area (Å²) in [4.78, 5) is 0. The van der Waals surface area contributed by atoms with Crippen molar-refractivity contribution < 1.29 is 18.9 Å². The Morgan fingerprint density at radius 3 is 1.88 bits per heavy atom. The molecule has 0 atom stereocenters. The third-order valence-electron chi connectivity index (χ3n) is 3.80. The van der Waals surface area contributed by atoms with Gasteiger partial charge in [0.25, 0.3) is 0 Å². The first-order valence-corrected chi connectivity index (χ1v) is 7.76. The van der Waals surface area contributed by atoms with Gasteiger partial charge in [-0.3, -0.25) is 0 Å². The summed E-state index contributed by atoms with van der Waals surface area (Å²) in [5.41, 5.74) is 3.39. The molecule has 2 aromatic carbocycles. The minimum absolute atomic E-state index is 0. The van der Waals surface area contributed by atoms with Gasteiger partial charge < -0.3 is 24.3 Å². The lowest BCUT2D eigenvalue weighted by atomic mass is 10.1. The van der Waals surface area contributed by atoms with Gasteiger partial charge in [0.1, 0.15) is 5.75 Å². The van der Waals surface area contributed by atoms with Gasteiger partial charge in [0.15, 0.2) is 11.5 Å². The van der Waals surface area contributed by atoms with E-state index < -0.39 is 0 Å². The van der Waals surface area contributed by atoms with Crippen LogP contribution in [0.1, 0.15) is 16.7 Å². The largest absolute Gasteiger partial charge is 0.496 e. The van der Waals surface area contributed by atoms with Crippen molar-refractivity contribution >= 4 is 12.4 Å². The molecule has 0 aliphatic carbocycles. The summed E-state index contributed by atoms with van der Waals surface area (Å²) in [6.07, 6.45) is 0. The molecule has 0 aliphatic heterocycles. The van der Waals surface area contributed by atoms with Gasteiger partial charge in [0, 0.05) is 18.7 Å². The van der Waals surface area contributed by atoms with Crippen molar-refractivity contribution in [3.8, 4) is 23.0 Å². The molecule has 25 heavy (non-hydrogen) atoms. The van der Waals surface area contributed by atoms with Crippen LogP contribution in [0.15, 0.2) is 30.3 Å². The van der Waals surface area contributed by atoms with Crippen LogP contribution in [-0.4, -0.2) is 28.4 Å². The molecule has 1 N–H and O–H groups in total. The predicted octanol–water partition coefficient (Wildman–Crippen LogP) is 3.74. The van der Waals surface area contributed by atoms with E-state index in [2.05, 4.69) is 18.3 Å². The molecule has 6 heteroatoms. The highest BCUT2D eigenvalue weighted by Crippen LogP contribution is 2.38. The molecular weight excluding hydrogens is 342 g/mol. The zero-order valence-corrected chi connectivity index (χ0v) is 16.2. The van der Waals surface area contributed by atoms with Crippen LogP contribution in [0.3, 0.4) is 0 Å². The van der Waals surface area contributed by atoms with Crippen LogP contribution >= 0.6 is 12.4 Å². The van der Waals surface area contributed by atoms with Crippen LogP contribution < -0.4 is 24.3 Å². The summed E-state index contributed by atoms with van der Waals surface area (Å²) < 4.78 is 21.5. The van der Waals surface area contributed by atoms with Gasteiger partial charge in [-0.1, -0.05) is 17.7 Å². The first-order chi connectivity index (χ1) is 11.6. The standard InChI is InChI=1S/C19H25NO4.ClH/c1-13-6-7-16(21-2)15(8-13)12-20-11-14-9-17(22-3)19(24-5)18(10-14)23-4;/h6-10,20H,11-12H2,1-5H3;1H. The molecule has 0 spiro atoms. The van der Waals surface area contributed by atoms with Crippen molar-refractivity contribution in [1.82, 2.24) is 5.32 Å². The number of methoxy groups -OCH3 is 4. The molecule has 0 fully saturated rings. The Morgan fingerprint density at radius 1 is 0.760 bits per heavy atom. The lowest BCUT2D eigenvalue weighted by Gasteiger charge is -2.15. The molecule has 0 amide bonds. The first-order valence-electron chi connectivity index (χ1n) is 7.76. The molecule has 0 unspecified atom stereocenters. The van der Waals surface area contributed by atoms with E-state index in [0.29, 0.717) is 30.3 Å². The van der Waals surface area contributed by atoms with E-state index in [0.717, 1.165) is 16.9 Å². The predicted molar refractivity (Wildman–Crippen MR) is 102 cm³/mol. The number of aryl methyl sites for hydroxylation is 1. The summed E-state index contributed by atoms with van der Waals surface area (Å²) in [6.45, 7) is 3.46. The van der Waals surface area contributed by atoms with Crippen molar-refractivity contribution in [3.63, 3.8) is 0 Å². The lowest BCUT2D eigenvalue weighted by molar-refractivity contribution is 0.323. The second-order valence-electron chi connectivity index (χ2n) is 5.45. The summed E-state index contributed by atoms with van der Waals surface area (Å²) in [7, 11) is 6.52. The van der Waals surface area contributed by atoms with Gasteiger partial charge in [-0.15, -0.1) is 12.4 Å². The maximum Gasteiger partial charge on any atom is 0.203 e. The summed E-state index contributed by atoms with van der Waals surface area (Å²) in [5.74, 6) is 2.80. The highest BCUT2D eigenvalue weighted by Gasteiger charge is 2.13. The van der Waals surface area contributed by atoms with Gasteiger partial charge in [0.05, 0.1) is 28.4 Å². The van der Waals surface area contributed by atoms with Gasteiger partial charge in [-0.2, -0.15) is 0 Å². The smallest absolute Gasteiger partial charge is 0.203 e. The van der Waals surface area contributed by atoms with Gasteiger partial charge in [-0.05, 0) is 30.7 Å². The summed E-state index contributed by atoms with van der Waals surface area (Å²) in [5, 5.41) is 3.43. The Morgan fingerprint density at radius 2 is 1.36 bits per heavy atom. The van der Waals surface area contributed by atoms with Crippen LogP contribution in [0.25, 0.3) is 0 Å². The topological polar surface area (TPSA) is 49.0 Å². The highest BCUT2D eigenvalue weighted by atomic mass is 35.5. The minimum Gasteiger partial charge on any atom is -0.496 e. The first kappa shape index (κ1) is 20.9. The maximum atomic E-state index is 5.41. The third-order valence-corrected chi connectivity index (χ3v) is 3.80. The Hall–Kier alpha value is -2.11. The molecule has 0 saturated carbocycles. The van der Waals surface area contributed by atoms with Crippen LogP contribution in [0.4, 0.5) is 0 Å². The fourth-order valence-corrected chi connectivity index (χ4v) is 2.62. The van der Waals surface area contributed by atoms with Crippen LogP contribution in [0.5, 0.6) is 23.0 Å².